The normalized spacial score (nSPS) is 11.6. The van der Waals surface area contributed by atoms with Gasteiger partial charge in [0.25, 0.3) is 17.7 Å². The number of hydrogen-bond donors (Lipinski definition) is 3. The number of nitrogens with zero attached hydrogens (tertiary/aromatic N) is 2. The van der Waals surface area contributed by atoms with Gasteiger partial charge in [-0.15, -0.1) is 0 Å². The zero-order valence-corrected chi connectivity index (χ0v) is 20.2. The molecule has 4 rings (SSSR count). The minimum atomic E-state index is -1.37. The SMILES string of the molecule is Cc1ccc([C@H](C(=O)NCc2ccc(F)cc2)N(C(=O)c2snc(C(N)=O)c2N)c2ccc(F)cc2)o1. The third-order valence-corrected chi connectivity index (χ3v) is 6.25. The standard InChI is InChI=1S/C25H21F2N5O4S/c1-13-2-11-18(36-13)21(24(34)30-12-14-3-5-15(26)6-4-14)32(17-9-7-16(27)8-10-17)25(35)22-19(28)20(23(29)33)31-37-22/h2-11,21H,12,28H2,1H3,(H2,29,33)(H,30,34)/t21-/m1/s1. The van der Waals surface area contributed by atoms with Crippen LogP contribution in [0.25, 0.3) is 0 Å². The van der Waals surface area contributed by atoms with Gasteiger partial charge in [-0.2, -0.15) is 4.37 Å². The molecule has 1 atom stereocenters. The van der Waals surface area contributed by atoms with Crippen LogP contribution in [-0.2, 0) is 11.3 Å². The van der Waals surface area contributed by atoms with Gasteiger partial charge in [-0.05, 0) is 72.6 Å². The van der Waals surface area contributed by atoms with Crippen molar-refractivity contribution in [3.05, 3.63) is 100.0 Å². The van der Waals surface area contributed by atoms with Crippen LogP contribution >= 0.6 is 11.5 Å². The van der Waals surface area contributed by atoms with Crippen molar-refractivity contribution in [3.8, 4) is 0 Å². The van der Waals surface area contributed by atoms with Gasteiger partial charge in [0.1, 0.15) is 28.0 Å². The molecule has 3 amide bonds. The van der Waals surface area contributed by atoms with Gasteiger partial charge >= 0.3 is 0 Å². The number of nitrogens with one attached hydrogen (secondary N) is 1. The Labute approximate surface area is 213 Å². The van der Waals surface area contributed by atoms with Gasteiger partial charge in [0.15, 0.2) is 11.7 Å². The molecule has 9 nitrogen and oxygen atoms in total. The second-order valence-corrected chi connectivity index (χ2v) is 8.76. The summed E-state index contributed by atoms with van der Waals surface area (Å²) in [6, 6.07) is 12.2. The van der Waals surface area contributed by atoms with E-state index < -0.39 is 35.4 Å². The fraction of sp³-hybridized carbons (Fsp3) is 0.120. The van der Waals surface area contributed by atoms with Crippen LogP contribution in [0.15, 0.2) is 65.1 Å². The first-order valence-electron chi connectivity index (χ1n) is 10.9. The number of primary amides is 1. The van der Waals surface area contributed by atoms with Crippen molar-refractivity contribution in [2.45, 2.75) is 19.5 Å². The third-order valence-electron chi connectivity index (χ3n) is 5.40. The number of hydrogen-bond acceptors (Lipinski definition) is 7. The van der Waals surface area contributed by atoms with Crippen molar-refractivity contribution < 1.29 is 27.6 Å². The molecule has 0 saturated heterocycles. The molecule has 0 aliphatic carbocycles. The van der Waals surface area contributed by atoms with Crippen molar-refractivity contribution >= 4 is 40.6 Å². The molecule has 190 valence electrons. The number of nitrogens with two attached hydrogens (primary N) is 2. The van der Waals surface area contributed by atoms with Crippen LogP contribution < -0.4 is 21.7 Å². The average molecular weight is 526 g/mol. The molecule has 12 heteroatoms. The predicted octanol–water partition coefficient (Wildman–Crippen LogP) is 3.71. The Bertz CT molecular complexity index is 1450. The summed E-state index contributed by atoms with van der Waals surface area (Å²) in [6.07, 6.45) is 0. The lowest BCUT2D eigenvalue weighted by Gasteiger charge is -2.29. The maximum Gasteiger partial charge on any atom is 0.273 e. The summed E-state index contributed by atoms with van der Waals surface area (Å²) in [4.78, 5) is 40.0. The Morgan fingerprint density at radius 3 is 2.19 bits per heavy atom. The van der Waals surface area contributed by atoms with Gasteiger partial charge in [0.2, 0.25) is 0 Å². The second-order valence-electron chi connectivity index (χ2n) is 7.99. The highest BCUT2D eigenvalue weighted by Gasteiger charge is 2.37. The van der Waals surface area contributed by atoms with Crippen LogP contribution in [-0.4, -0.2) is 22.1 Å². The highest BCUT2D eigenvalue weighted by atomic mass is 32.1. The molecule has 0 aliphatic rings. The first-order valence-corrected chi connectivity index (χ1v) is 11.7. The van der Waals surface area contributed by atoms with Crippen LogP contribution in [0.2, 0.25) is 0 Å². The van der Waals surface area contributed by atoms with Crippen LogP contribution in [0.4, 0.5) is 20.2 Å². The zero-order valence-electron chi connectivity index (χ0n) is 19.4. The Morgan fingerprint density at radius 1 is 1.03 bits per heavy atom. The fourth-order valence-corrected chi connectivity index (χ4v) is 4.33. The van der Waals surface area contributed by atoms with Crippen LogP contribution in [0.5, 0.6) is 0 Å². The van der Waals surface area contributed by atoms with E-state index in [0.29, 0.717) is 22.9 Å². The number of carbonyl (C=O) groups excluding carboxylic acids is 3. The molecule has 0 saturated carbocycles. The van der Waals surface area contributed by atoms with E-state index in [9.17, 15) is 23.2 Å². The predicted molar refractivity (Wildman–Crippen MR) is 133 cm³/mol. The number of amides is 3. The number of rotatable bonds is 8. The number of aryl methyl sites for hydroxylation is 1. The molecule has 0 unspecified atom stereocenters. The van der Waals surface area contributed by atoms with Crippen LogP contribution in [0, 0.1) is 18.6 Å². The average Bonchev–Trinajstić information content (AvgIpc) is 3.47. The topological polar surface area (TPSA) is 145 Å². The molecule has 0 radical (unpaired) electrons. The highest BCUT2D eigenvalue weighted by molar-refractivity contribution is 7.09. The summed E-state index contributed by atoms with van der Waals surface area (Å²) in [5.74, 6) is -2.74. The van der Waals surface area contributed by atoms with E-state index in [1.165, 1.54) is 42.5 Å². The molecule has 2 aromatic heterocycles. The highest BCUT2D eigenvalue weighted by Crippen LogP contribution is 2.34. The van der Waals surface area contributed by atoms with Gasteiger partial charge in [-0.25, -0.2) is 8.78 Å². The monoisotopic (exact) mass is 525 g/mol. The summed E-state index contributed by atoms with van der Waals surface area (Å²) in [6.45, 7) is 1.69. The van der Waals surface area contributed by atoms with E-state index >= 15 is 0 Å². The lowest BCUT2D eigenvalue weighted by atomic mass is 10.1. The van der Waals surface area contributed by atoms with Crippen LogP contribution in [0.3, 0.4) is 0 Å². The largest absolute Gasteiger partial charge is 0.464 e. The Kier molecular flexibility index (Phi) is 7.30. The number of anilines is 2. The summed E-state index contributed by atoms with van der Waals surface area (Å²) in [5.41, 5.74) is 11.5. The van der Waals surface area contributed by atoms with Gasteiger partial charge in [-0.1, -0.05) is 12.1 Å². The number of aromatic nitrogens is 1. The van der Waals surface area contributed by atoms with E-state index in [-0.39, 0.29) is 34.3 Å². The van der Waals surface area contributed by atoms with Crippen LogP contribution in [0.1, 0.15) is 43.3 Å². The molecule has 2 aromatic carbocycles. The van der Waals surface area contributed by atoms with Gasteiger partial charge in [0.05, 0.1) is 5.69 Å². The number of furan rings is 1. The second kappa shape index (κ2) is 10.6. The van der Waals surface area contributed by atoms with E-state index in [4.69, 9.17) is 15.9 Å². The van der Waals surface area contributed by atoms with E-state index in [1.54, 1.807) is 13.0 Å². The Balaban J connectivity index is 1.78. The lowest BCUT2D eigenvalue weighted by Crippen LogP contribution is -2.43. The molecule has 0 bridgehead atoms. The first kappa shape index (κ1) is 25.5. The van der Waals surface area contributed by atoms with Crippen molar-refractivity contribution in [1.29, 1.82) is 0 Å². The molecule has 2 heterocycles. The molecule has 0 spiro atoms. The quantitative estimate of drug-likeness (QED) is 0.320. The molecule has 0 fully saturated rings. The number of benzene rings is 2. The molecular weight excluding hydrogens is 504 g/mol. The number of halogens is 2. The molecular formula is C25H21F2N5O4S. The van der Waals surface area contributed by atoms with E-state index in [2.05, 4.69) is 9.69 Å². The number of nitrogen functional groups attached to an aromatic ring is 1. The Hall–Kier alpha value is -4.58. The summed E-state index contributed by atoms with van der Waals surface area (Å²) in [5, 5.41) is 2.73. The van der Waals surface area contributed by atoms with E-state index in [1.807, 2.05) is 0 Å². The maximum atomic E-state index is 13.8. The molecule has 0 aliphatic heterocycles. The van der Waals surface area contributed by atoms with Crippen molar-refractivity contribution in [2.24, 2.45) is 5.73 Å². The summed E-state index contributed by atoms with van der Waals surface area (Å²) in [7, 11) is 0. The van der Waals surface area contributed by atoms with Crippen molar-refractivity contribution in [1.82, 2.24) is 9.69 Å². The fourth-order valence-electron chi connectivity index (χ4n) is 3.59. The molecule has 4 aromatic rings. The van der Waals surface area contributed by atoms with Crippen molar-refractivity contribution in [3.63, 3.8) is 0 Å². The minimum Gasteiger partial charge on any atom is -0.464 e. The number of carbonyl (C=O) groups is 3. The van der Waals surface area contributed by atoms with Gasteiger partial charge in [0, 0.05) is 12.2 Å². The van der Waals surface area contributed by atoms with Gasteiger partial charge < -0.3 is 21.2 Å². The smallest absolute Gasteiger partial charge is 0.273 e. The summed E-state index contributed by atoms with van der Waals surface area (Å²) < 4.78 is 36.6. The molecule has 37 heavy (non-hydrogen) atoms. The van der Waals surface area contributed by atoms with E-state index in [0.717, 1.165) is 17.0 Å². The zero-order chi connectivity index (χ0) is 26.7. The van der Waals surface area contributed by atoms with Gasteiger partial charge in [-0.3, -0.25) is 19.3 Å². The summed E-state index contributed by atoms with van der Waals surface area (Å²) >= 11 is 0.641. The molecule has 5 N–H and O–H groups in total. The van der Waals surface area contributed by atoms with Crippen molar-refractivity contribution in [2.75, 3.05) is 10.6 Å². The lowest BCUT2D eigenvalue weighted by molar-refractivity contribution is -0.123. The third kappa shape index (κ3) is 5.48. The maximum absolute atomic E-state index is 13.8. The Morgan fingerprint density at radius 2 is 1.65 bits per heavy atom. The minimum absolute atomic E-state index is 0.0231. The first-order chi connectivity index (χ1) is 17.7.